The quantitative estimate of drug-likeness (QED) is 0.0849. The van der Waals surface area contributed by atoms with E-state index in [-0.39, 0.29) is 172 Å². The average Bonchev–Trinajstić information content (AvgIpc) is 1.61. The Morgan fingerprint density at radius 2 is 0.901 bits per heavy atom. The third-order valence-electron chi connectivity index (χ3n) is 27.3. The number of rotatable bonds is 6. The molecule has 31 heteroatoms. The number of aryl methyl sites for hydroxylation is 2. The SMILES string of the molecule is CC[C@@H]1[C@@H]2CN(C(=O)[C@H](C(C)(C)C)CC(=O)O[C@]3(C)C[C@H]3CCCCCc3cn4ccnc4cc3O2)[C@@H]1[C-]=O.CC[C@@H]1[C@@H]2CN(C(=O)[C@H](C(C)(C)C)CC(=O)O[C@]3(C)C[C@H]3CCCCCc3nc4ccnn4cc3O2)[C@@H]1[C-]=O.CC[C@@H]1[C@@H]2CN(C(=O)[C@H](C(C)(C)C)CC(=O)O[C@]3(C)C[C@H]3CCCCCn3c(nc4ccnn4c3=O)O2)[C@@H]1[C-]=O.[V].[V].[V]. The number of pyridine rings is 1. The average molecular weight is 1780 g/mol. The van der Waals surface area contributed by atoms with Crippen LogP contribution in [0.25, 0.3) is 16.9 Å². The van der Waals surface area contributed by atoms with Gasteiger partial charge in [0.15, 0.2) is 17.0 Å². The fourth-order valence-electron chi connectivity index (χ4n) is 19.4. The summed E-state index contributed by atoms with van der Waals surface area (Å²) in [6, 6.07) is 3.33. The molecule has 3 saturated heterocycles. The molecule has 0 aromatic carbocycles. The first kappa shape index (κ1) is 95.9. The number of carbonyl (C=O) groups is 6. The normalized spacial score (nSPS) is 31.5. The van der Waals surface area contributed by atoms with Crippen LogP contribution in [0.2, 0.25) is 0 Å². The summed E-state index contributed by atoms with van der Waals surface area (Å²) in [4.78, 5) is 150. The molecule has 6 bridgehead atoms. The van der Waals surface area contributed by atoms with Crippen LogP contribution in [0.3, 0.4) is 0 Å². The van der Waals surface area contributed by atoms with E-state index in [1.165, 1.54) is 20.2 Å². The first-order valence-electron chi connectivity index (χ1n) is 43.5. The van der Waals surface area contributed by atoms with Crippen molar-refractivity contribution in [3.8, 4) is 17.5 Å². The molecule has 3 aliphatic carbocycles. The summed E-state index contributed by atoms with van der Waals surface area (Å²) in [7, 11) is 0. The number of hydrogen-bond acceptors (Lipinski definition) is 21. The predicted molar refractivity (Wildman–Crippen MR) is 437 cm³/mol. The third-order valence-corrected chi connectivity index (χ3v) is 27.3. The van der Waals surface area contributed by atoms with Gasteiger partial charge in [-0.3, -0.25) is 28.8 Å². The van der Waals surface area contributed by atoms with Gasteiger partial charge in [0.05, 0.1) is 80.9 Å². The summed E-state index contributed by atoms with van der Waals surface area (Å²) in [5.41, 5.74) is 0.619. The van der Waals surface area contributed by atoms with E-state index in [4.69, 9.17) is 33.4 Å². The van der Waals surface area contributed by atoms with Crippen LogP contribution in [0.15, 0.2) is 60.2 Å². The van der Waals surface area contributed by atoms with Crippen LogP contribution < -0.4 is 19.9 Å². The Labute approximate surface area is 746 Å². The molecule has 121 heavy (non-hydrogen) atoms. The summed E-state index contributed by atoms with van der Waals surface area (Å²) in [6.45, 7) is 30.5. The van der Waals surface area contributed by atoms with Gasteiger partial charge in [-0.25, -0.2) is 42.7 Å². The van der Waals surface area contributed by atoms with Gasteiger partial charge in [0, 0.05) is 122 Å². The van der Waals surface area contributed by atoms with Crippen LogP contribution in [0, 0.1) is 69.5 Å². The van der Waals surface area contributed by atoms with E-state index in [9.17, 15) is 47.9 Å². The molecule has 6 aromatic heterocycles. The van der Waals surface area contributed by atoms with Gasteiger partial charge in [0.25, 0.3) is 0 Å². The monoisotopic (exact) mass is 1780 g/mol. The molecular weight excluding hydrogens is 1660 g/mol. The van der Waals surface area contributed by atoms with Crippen molar-refractivity contribution >= 4 is 71.4 Å². The molecule has 12 heterocycles. The maximum absolute atomic E-state index is 14.0. The number of imidazole rings is 1. The molecule has 3 saturated carbocycles. The molecule has 6 aromatic rings. The van der Waals surface area contributed by atoms with Gasteiger partial charge in [-0.15, -0.1) is 0 Å². The zero-order valence-electron chi connectivity index (χ0n) is 73.2. The molecule has 9 aliphatic rings. The molecule has 657 valence electrons. The van der Waals surface area contributed by atoms with Crippen LogP contribution in [0.1, 0.15) is 250 Å². The van der Waals surface area contributed by atoms with E-state index in [0.29, 0.717) is 49.0 Å². The van der Waals surface area contributed by atoms with E-state index < -0.39 is 81.1 Å². The molecule has 3 amide bonds. The van der Waals surface area contributed by atoms with Gasteiger partial charge in [-0.1, -0.05) is 159 Å². The minimum Gasteiger partial charge on any atom is -0.540 e. The molecule has 6 aliphatic heterocycles. The Hall–Kier alpha value is -7.36. The maximum Gasteiger partial charge on any atom is 0.354 e. The molecule has 3 radical (unpaired) electrons. The molecule has 6 fully saturated rings. The van der Waals surface area contributed by atoms with E-state index in [1.807, 2.05) is 133 Å². The van der Waals surface area contributed by atoms with Crippen LogP contribution in [-0.4, -0.2) is 185 Å². The van der Waals surface area contributed by atoms with Crippen LogP contribution in [0.4, 0.5) is 0 Å². The number of nitrogens with zero attached hydrogens (tertiary/aromatic N) is 12. The van der Waals surface area contributed by atoms with E-state index in [2.05, 4.69) is 45.2 Å². The molecule has 0 spiro atoms. The van der Waals surface area contributed by atoms with Gasteiger partial charge < -0.3 is 61.9 Å². The Bertz CT molecular complexity index is 4570. The molecule has 0 N–H and O–H groups in total. The number of ether oxygens (including phenoxy) is 6. The fourth-order valence-corrected chi connectivity index (χ4v) is 19.4. The summed E-state index contributed by atoms with van der Waals surface area (Å²) in [5, 5.41) is 8.46. The number of amides is 3. The van der Waals surface area contributed by atoms with Crippen molar-refractivity contribution in [2.24, 2.45) is 69.5 Å². The molecule has 0 unspecified atom stereocenters. The van der Waals surface area contributed by atoms with Crippen LogP contribution in [-0.2, 0) is 132 Å². The Kier molecular flexibility index (Phi) is 30.9. The molecular formula is C90H123N12O16V3-3. The first-order valence-corrected chi connectivity index (χ1v) is 43.5. The predicted octanol–water partition coefficient (Wildman–Crippen LogP) is 12.2. The summed E-state index contributed by atoms with van der Waals surface area (Å²) in [6.07, 6.45) is 33.6. The summed E-state index contributed by atoms with van der Waals surface area (Å²) < 4.78 is 43.9. The fraction of sp³-hybridized carbons (Fsp3) is 0.700. The molecule has 15 rings (SSSR count). The smallest absolute Gasteiger partial charge is 0.354 e. The minimum atomic E-state index is -0.838. The standard InChI is InChI=1S/C31H42N3O5.C30H41N4O5.C29H40N5O6.3V/c1-6-22-24(19-35)34-18-26(22)38-25-15-27-32-12-13-33(27)17-20(25)10-8-7-9-11-21-16-31(21,5)39-28(36)14-23(29(34)37)30(2,3)4;1-6-20-23(18-35)33-16-24(20)38-25-17-34-26(12-13-31-34)32-22(25)11-9-7-8-10-19-15-30(19,5)39-27(36)14-21(28(33)37)29(2,3)4;1-6-19-21(17-35)33-16-22(19)39-26-31-23-11-12-30-34(23)27(38)32(26)13-9-7-8-10-18-15-29(18,5)40-24(36)14-20(25(33)37)28(2,3)4;;;/h12-13,15,17,21-24,26H,6-11,14,16,18H2,1-5H3;12-13,17,19-21,23-24H,6-11,14-16H2,1-5H3;11-12,18-22H,6-10,13-16H2,1-5H3;;;/q3*-1;;;/t21-,22+,23-,24-,26+,31-;19-,20+,21-,23-,24+,30-;18-,19+,20-,21-,22+,29-;;;/m111.../s1. The maximum atomic E-state index is 14.0. The van der Waals surface area contributed by atoms with Crippen LogP contribution >= 0.6 is 0 Å². The number of hydrogen-bond donors (Lipinski definition) is 0. The second-order valence-electron chi connectivity index (χ2n) is 38.8. The van der Waals surface area contributed by atoms with Crippen molar-refractivity contribution in [1.29, 1.82) is 0 Å². The number of esters is 3. The summed E-state index contributed by atoms with van der Waals surface area (Å²) >= 11 is 0. The van der Waals surface area contributed by atoms with Gasteiger partial charge in [-0.05, 0) is 125 Å². The van der Waals surface area contributed by atoms with Gasteiger partial charge >= 0.3 is 29.6 Å². The van der Waals surface area contributed by atoms with E-state index >= 15 is 0 Å². The Balaban J connectivity index is 0.000000188. The van der Waals surface area contributed by atoms with Crippen molar-refractivity contribution in [1.82, 2.24) is 57.8 Å². The Morgan fingerprint density at radius 3 is 1.35 bits per heavy atom. The number of carbonyl (C=O) groups excluding carboxylic acids is 9. The zero-order valence-corrected chi connectivity index (χ0v) is 77.4. The van der Waals surface area contributed by atoms with Gasteiger partial charge in [0.1, 0.15) is 46.5 Å². The number of fused-ring (bicyclic) bond motifs is 15. The third kappa shape index (κ3) is 21.3. The number of aromatic nitrogens is 9. The largest absolute Gasteiger partial charge is 0.540 e. The topological polar surface area (TPSA) is 318 Å². The second-order valence-corrected chi connectivity index (χ2v) is 38.8. The van der Waals surface area contributed by atoms with E-state index in [0.717, 1.165) is 137 Å². The minimum absolute atomic E-state index is 0. The van der Waals surface area contributed by atoms with E-state index in [1.54, 1.807) is 32.8 Å². The Morgan fingerprint density at radius 1 is 0.479 bits per heavy atom. The zero-order chi connectivity index (χ0) is 84.7. The van der Waals surface area contributed by atoms with Crippen LogP contribution in [0.5, 0.6) is 17.5 Å². The van der Waals surface area contributed by atoms with Crippen molar-refractivity contribution < 1.29 is 127 Å². The molecule has 28 nitrogen and oxygen atoms in total. The second kappa shape index (κ2) is 39.0. The van der Waals surface area contributed by atoms with Crippen molar-refractivity contribution in [2.75, 3.05) is 19.6 Å². The van der Waals surface area contributed by atoms with Crippen molar-refractivity contribution in [3.63, 3.8) is 0 Å². The van der Waals surface area contributed by atoms with Crippen molar-refractivity contribution in [3.05, 3.63) is 77.1 Å². The first-order chi connectivity index (χ1) is 56.0. The molecule has 18 atom stereocenters. The summed E-state index contributed by atoms with van der Waals surface area (Å²) in [5.74, 6) is -2.10. The van der Waals surface area contributed by atoms with Crippen molar-refractivity contribution in [2.45, 2.75) is 311 Å². The van der Waals surface area contributed by atoms with Gasteiger partial charge in [-0.2, -0.15) is 19.7 Å². The van der Waals surface area contributed by atoms with Gasteiger partial charge in [0.2, 0.25) is 17.7 Å².